The highest BCUT2D eigenvalue weighted by molar-refractivity contribution is 5.96. The lowest BCUT2D eigenvalue weighted by atomic mass is 9.91. The number of esters is 1. The fourth-order valence-corrected chi connectivity index (χ4v) is 2.40. The number of ether oxygens (including phenoxy) is 2. The van der Waals surface area contributed by atoms with Crippen LogP contribution in [0.3, 0.4) is 0 Å². The molecule has 5 nitrogen and oxygen atoms in total. The first-order chi connectivity index (χ1) is 11.1. The van der Waals surface area contributed by atoms with Crippen molar-refractivity contribution in [1.82, 2.24) is 5.32 Å². The van der Waals surface area contributed by atoms with Crippen molar-refractivity contribution in [2.75, 3.05) is 20.8 Å². The minimum Gasteiger partial charge on any atom is -0.497 e. The molecule has 2 rings (SSSR count). The zero-order chi connectivity index (χ0) is 17.1. The molecule has 0 heterocycles. The lowest BCUT2D eigenvalue weighted by Gasteiger charge is -2.15. The van der Waals surface area contributed by atoms with E-state index in [0.717, 1.165) is 5.92 Å². The number of rotatable bonds is 4. The Morgan fingerprint density at radius 3 is 2.39 bits per heavy atom. The molecule has 5 heteroatoms. The third kappa shape index (κ3) is 7.68. The molecule has 1 saturated carbocycles. The molecule has 1 fully saturated rings. The molecule has 0 aromatic heterocycles. The summed E-state index contributed by atoms with van der Waals surface area (Å²) in [5, 5.41) is 2.43. The molecule has 0 aliphatic heterocycles. The van der Waals surface area contributed by atoms with Gasteiger partial charge in [0.25, 0.3) is 5.91 Å². The van der Waals surface area contributed by atoms with Crippen molar-refractivity contribution in [1.29, 1.82) is 0 Å². The number of benzene rings is 1. The molecule has 0 saturated heterocycles. The molecule has 0 bridgehead atoms. The van der Waals surface area contributed by atoms with E-state index in [1.165, 1.54) is 46.3 Å². The third-order valence-electron chi connectivity index (χ3n) is 3.85. The summed E-state index contributed by atoms with van der Waals surface area (Å²) in [4.78, 5) is 22.4. The van der Waals surface area contributed by atoms with E-state index >= 15 is 0 Å². The Labute approximate surface area is 138 Å². The van der Waals surface area contributed by atoms with E-state index in [2.05, 4.69) is 17.0 Å². The van der Waals surface area contributed by atoms with E-state index in [1.54, 1.807) is 24.3 Å². The summed E-state index contributed by atoms with van der Waals surface area (Å²) >= 11 is 0. The highest BCUT2D eigenvalue weighted by Crippen LogP contribution is 2.22. The number of hydrogen-bond donors (Lipinski definition) is 1. The van der Waals surface area contributed by atoms with E-state index < -0.39 is 5.97 Å². The second-order valence-electron chi connectivity index (χ2n) is 5.73. The van der Waals surface area contributed by atoms with Crippen LogP contribution in [0, 0.1) is 5.92 Å². The molecule has 128 valence electrons. The van der Waals surface area contributed by atoms with E-state index in [4.69, 9.17) is 4.74 Å². The van der Waals surface area contributed by atoms with Crippen molar-refractivity contribution in [2.45, 2.75) is 39.0 Å². The fourth-order valence-electron chi connectivity index (χ4n) is 2.40. The van der Waals surface area contributed by atoms with Gasteiger partial charge in [-0.3, -0.25) is 9.59 Å². The first-order valence-corrected chi connectivity index (χ1v) is 8.06. The van der Waals surface area contributed by atoms with Gasteiger partial charge in [0.05, 0.1) is 14.2 Å². The van der Waals surface area contributed by atoms with Crippen molar-refractivity contribution in [3.8, 4) is 5.75 Å². The Morgan fingerprint density at radius 1 is 1.17 bits per heavy atom. The van der Waals surface area contributed by atoms with Crippen molar-refractivity contribution in [2.24, 2.45) is 5.92 Å². The number of hydrogen-bond acceptors (Lipinski definition) is 4. The molecule has 1 aliphatic rings. The summed E-state index contributed by atoms with van der Waals surface area (Å²) in [6.45, 7) is 2.21. The van der Waals surface area contributed by atoms with Crippen molar-refractivity contribution in [3.05, 3.63) is 29.8 Å². The van der Waals surface area contributed by atoms with Crippen LogP contribution in [-0.4, -0.2) is 32.6 Å². The Balaban J connectivity index is 0.000000313. The van der Waals surface area contributed by atoms with Gasteiger partial charge in [-0.25, -0.2) is 0 Å². The van der Waals surface area contributed by atoms with Crippen LogP contribution in [0.1, 0.15) is 49.4 Å². The van der Waals surface area contributed by atoms with Gasteiger partial charge in [0.2, 0.25) is 0 Å². The molecule has 23 heavy (non-hydrogen) atoms. The van der Waals surface area contributed by atoms with Crippen molar-refractivity contribution in [3.63, 3.8) is 0 Å². The summed E-state index contributed by atoms with van der Waals surface area (Å²) < 4.78 is 9.38. The predicted molar refractivity (Wildman–Crippen MR) is 89.6 cm³/mol. The molecule has 1 amide bonds. The Morgan fingerprint density at radius 2 is 1.87 bits per heavy atom. The van der Waals surface area contributed by atoms with Crippen molar-refractivity contribution >= 4 is 11.9 Å². The van der Waals surface area contributed by atoms with Gasteiger partial charge in [0, 0.05) is 5.56 Å². The summed E-state index contributed by atoms with van der Waals surface area (Å²) in [6, 6.07) is 6.66. The second kappa shape index (κ2) is 10.6. The van der Waals surface area contributed by atoms with E-state index in [-0.39, 0.29) is 12.5 Å². The van der Waals surface area contributed by atoms with E-state index in [9.17, 15) is 9.59 Å². The third-order valence-corrected chi connectivity index (χ3v) is 3.85. The van der Waals surface area contributed by atoms with Crippen LogP contribution >= 0.6 is 0 Å². The van der Waals surface area contributed by atoms with Crippen molar-refractivity contribution < 1.29 is 19.1 Å². The van der Waals surface area contributed by atoms with Gasteiger partial charge in [-0.15, -0.1) is 0 Å². The van der Waals surface area contributed by atoms with Crippen LogP contribution in [0.4, 0.5) is 0 Å². The normalized spacial score (nSPS) is 14.2. The number of methoxy groups -OCH3 is 2. The van der Waals surface area contributed by atoms with Gasteiger partial charge in [-0.1, -0.05) is 45.1 Å². The SMILES string of the molecule is CC1CCCCC1.COC(=O)CNC(=O)c1cccc(OC)c1. The Bertz CT molecular complexity index is 496. The quantitative estimate of drug-likeness (QED) is 0.865. The molecular weight excluding hydrogens is 294 g/mol. The first kappa shape index (κ1) is 19.0. The Kier molecular flexibility index (Phi) is 8.80. The standard InChI is InChI=1S/C11H13NO4.C7H14/c1-15-9-5-3-4-8(6-9)11(14)12-7-10(13)16-2;1-7-5-3-2-4-6-7/h3-6H,7H2,1-2H3,(H,12,14);7H,2-6H2,1H3. The van der Waals surface area contributed by atoms with Gasteiger partial charge in [-0.05, 0) is 24.1 Å². The Hall–Kier alpha value is -2.04. The topological polar surface area (TPSA) is 64.6 Å². The van der Waals surface area contributed by atoms with Gasteiger partial charge in [0.1, 0.15) is 12.3 Å². The molecule has 1 aromatic carbocycles. The van der Waals surface area contributed by atoms with Gasteiger partial charge < -0.3 is 14.8 Å². The summed E-state index contributed by atoms with van der Waals surface area (Å²) in [5.74, 6) is 0.792. The second-order valence-corrected chi connectivity index (χ2v) is 5.73. The highest BCUT2D eigenvalue weighted by atomic mass is 16.5. The van der Waals surface area contributed by atoms with Crippen LogP contribution < -0.4 is 10.1 Å². The largest absolute Gasteiger partial charge is 0.497 e. The predicted octanol–water partition coefficient (Wildman–Crippen LogP) is 3.18. The summed E-state index contributed by atoms with van der Waals surface area (Å²) in [7, 11) is 2.78. The van der Waals surface area contributed by atoms with E-state index in [1.807, 2.05) is 0 Å². The maximum Gasteiger partial charge on any atom is 0.325 e. The lowest BCUT2D eigenvalue weighted by Crippen LogP contribution is -2.30. The molecule has 1 aliphatic carbocycles. The summed E-state index contributed by atoms with van der Waals surface area (Å²) in [6.07, 6.45) is 7.44. The maximum absolute atomic E-state index is 11.6. The van der Waals surface area contributed by atoms with Crippen LogP contribution in [0.5, 0.6) is 5.75 Å². The molecular formula is C18H27NO4. The monoisotopic (exact) mass is 321 g/mol. The number of nitrogens with one attached hydrogen (secondary N) is 1. The molecule has 1 N–H and O–H groups in total. The molecule has 0 radical (unpaired) electrons. The van der Waals surface area contributed by atoms with Gasteiger partial charge in [0.15, 0.2) is 0 Å². The first-order valence-electron chi connectivity index (χ1n) is 8.06. The average Bonchev–Trinajstić information content (AvgIpc) is 2.60. The van der Waals surface area contributed by atoms with Crippen LogP contribution in [-0.2, 0) is 9.53 Å². The minimum absolute atomic E-state index is 0.146. The molecule has 0 unspecified atom stereocenters. The highest BCUT2D eigenvalue weighted by Gasteiger charge is 2.08. The van der Waals surface area contributed by atoms with Gasteiger partial charge in [-0.2, -0.15) is 0 Å². The van der Waals surface area contributed by atoms with Crippen LogP contribution in [0.15, 0.2) is 24.3 Å². The minimum atomic E-state index is -0.490. The van der Waals surface area contributed by atoms with E-state index in [0.29, 0.717) is 11.3 Å². The van der Waals surface area contributed by atoms with Crippen LogP contribution in [0.25, 0.3) is 0 Å². The van der Waals surface area contributed by atoms with Gasteiger partial charge >= 0.3 is 5.97 Å². The fraction of sp³-hybridized carbons (Fsp3) is 0.556. The number of amides is 1. The summed E-state index contributed by atoms with van der Waals surface area (Å²) in [5.41, 5.74) is 0.434. The number of carbonyl (C=O) groups excluding carboxylic acids is 2. The average molecular weight is 321 g/mol. The molecule has 0 spiro atoms. The maximum atomic E-state index is 11.6. The number of carbonyl (C=O) groups is 2. The lowest BCUT2D eigenvalue weighted by molar-refractivity contribution is -0.139. The zero-order valence-corrected chi connectivity index (χ0v) is 14.3. The molecule has 1 aromatic rings. The molecule has 0 atom stereocenters. The zero-order valence-electron chi connectivity index (χ0n) is 14.3. The van der Waals surface area contributed by atoms with Crippen LogP contribution in [0.2, 0.25) is 0 Å². The smallest absolute Gasteiger partial charge is 0.325 e.